The van der Waals surface area contributed by atoms with E-state index in [4.69, 9.17) is 5.73 Å². The maximum absolute atomic E-state index is 12.7. The molecule has 0 aliphatic rings. The van der Waals surface area contributed by atoms with Crippen LogP contribution in [0.2, 0.25) is 0 Å². The minimum Gasteiger partial charge on any atom is -0.397 e. The Kier molecular flexibility index (Phi) is 8.21. The fourth-order valence-electron chi connectivity index (χ4n) is 2.83. The second kappa shape index (κ2) is 10.4. The lowest BCUT2D eigenvalue weighted by molar-refractivity contribution is 0.0945. The molecule has 8 nitrogen and oxygen atoms in total. The van der Waals surface area contributed by atoms with E-state index in [9.17, 15) is 9.59 Å². The third-order valence-electron chi connectivity index (χ3n) is 4.41. The van der Waals surface area contributed by atoms with E-state index in [-0.39, 0.29) is 11.8 Å². The molecule has 0 aliphatic heterocycles. The Morgan fingerprint density at radius 2 is 2.03 bits per heavy atom. The van der Waals surface area contributed by atoms with Gasteiger partial charge in [-0.25, -0.2) is 4.98 Å². The third-order valence-corrected chi connectivity index (χ3v) is 5.44. The molecule has 0 atom stereocenters. The number of carbonyl (C=O) groups is 2. The van der Waals surface area contributed by atoms with Crippen molar-refractivity contribution in [3.8, 4) is 0 Å². The number of aryl methyl sites for hydroxylation is 2. The van der Waals surface area contributed by atoms with Crippen molar-refractivity contribution in [2.45, 2.75) is 33.1 Å². The van der Waals surface area contributed by atoms with Gasteiger partial charge in [-0.15, -0.1) is 11.3 Å². The molecule has 2 rings (SSSR count). The van der Waals surface area contributed by atoms with Crippen LogP contribution in [0.1, 0.15) is 52.5 Å². The fraction of sp³-hybridized carbons (Fsp3) is 0.550. The molecule has 0 aliphatic carbocycles. The molecule has 0 radical (unpaired) electrons. The molecule has 2 heterocycles. The van der Waals surface area contributed by atoms with Crippen molar-refractivity contribution in [3.63, 3.8) is 0 Å². The molecule has 0 fully saturated rings. The van der Waals surface area contributed by atoms with Crippen molar-refractivity contribution in [2.75, 3.05) is 38.2 Å². The van der Waals surface area contributed by atoms with Crippen LogP contribution in [0.5, 0.6) is 0 Å². The minimum absolute atomic E-state index is 0.192. The van der Waals surface area contributed by atoms with Crippen LogP contribution in [0.4, 0.5) is 10.8 Å². The Hall–Kier alpha value is -2.39. The van der Waals surface area contributed by atoms with Gasteiger partial charge in [-0.05, 0) is 51.9 Å². The van der Waals surface area contributed by atoms with E-state index in [0.717, 1.165) is 30.7 Å². The molecule has 0 saturated heterocycles. The Bertz CT molecular complexity index is 840. The van der Waals surface area contributed by atoms with Crippen LogP contribution in [-0.4, -0.2) is 53.5 Å². The number of amides is 2. The lowest BCUT2D eigenvalue weighted by Gasteiger charge is -2.10. The zero-order valence-electron chi connectivity index (χ0n) is 17.9. The molecule has 0 unspecified atom stereocenters. The number of nitrogens with zero attached hydrogens (tertiary/aromatic N) is 3. The van der Waals surface area contributed by atoms with Gasteiger partial charge in [0.1, 0.15) is 11.4 Å². The normalized spacial score (nSPS) is 11.3. The Balaban J connectivity index is 2.12. The van der Waals surface area contributed by atoms with Gasteiger partial charge in [-0.2, -0.15) is 0 Å². The van der Waals surface area contributed by atoms with Crippen molar-refractivity contribution in [1.82, 2.24) is 19.8 Å². The number of nitrogen functional groups attached to an aromatic ring is 1. The predicted molar refractivity (Wildman–Crippen MR) is 119 cm³/mol. The molecule has 0 spiro atoms. The monoisotopic (exact) mass is 420 g/mol. The number of rotatable bonds is 10. The first-order valence-corrected chi connectivity index (χ1v) is 10.6. The zero-order chi connectivity index (χ0) is 21.6. The van der Waals surface area contributed by atoms with Crippen molar-refractivity contribution in [2.24, 2.45) is 13.0 Å². The van der Waals surface area contributed by atoms with Crippen LogP contribution in [0.15, 0.2) is 12.3 Å². The maximum atomic E-state index is 12.7. The Morgan fingerprint density at radius 3 is 2.62 bits per heavy atom. The molecule has 2 aromatic heterocycles. The molecule has 2 aromatic rings. The highest BCUT2D eigenvalue weighted by molar-refractivity contribution is 7.16. The topological polar surface area (TPSA) is 105 Å². The highest BCUT2D eigenvalue weighted by Crippen LogP contribution is 2.26. The standard InChI is InChI=1S/C20H32N6O2S/c1-13(2)7-8-16-17(19(28)22-9-6-10-25(3)4)23-20(29-16)24-18(27)15-11-14(21)12-26(15)5/h11-13H,6-10,21H2,1-5H3,(H,22,28)(H,23,24,27). The summed E-state index contributed by atoms with van der Waals surface area (Å²) in [6, 6.07) is 1.61. The Labute approximate surface area is 176 Å². The number of carbonyl (C=O) groups excluding carboxylic acids is 2. The smallest absolute Gasteiger partial charge is 0.274 e. The van der Waals surface area contributed by atoms with Crippen molar-refractivity contribution >= 4 is 34.0 Å². The average Bonchev–Trinajstić information content (AvgIpc) is 3.18. The van der Waals surface area contributed by atoms with E-state index in [0.29, 0.717) is 34.7 Å². The van der Waals surface area contributed by atoms with Gasteiger partial charge in [0, 0.05) is 24.7 Å². The number of nitrogens with two attached hydrogens (primary N) is 1. The van der Waals surface area contributed by atoms with Gasteiger partial charge in [0.15, 0.2) is 5.13 Å². The van der Waals surface area contributed by atoms with Gasteiger partial charge in [-0.3, -0.25) is 14.9 Å². The van der Waals surface area contributed by atoms with E-state index in [1.54, 1.807) is 23.9 Å². The first kappa shape index (κ1) is 22.9. The van der Waals surface area contributed by atoms with E-state index >= 15 is 0 Å². The number of anilines is 2. The number of thiazole rings is 1. The molecule has 160 valence electrons. The van der Waals surface area contributed by atoms with E-state index in [2.05, 4.69) is 34.4 Å². The molecule has 0 saturated carbocycles. The summed E-state index contributed by atoms with van der Waals surface area (Å²) in [4.78, 5) is 32.6. The molecular weight excluding hydrogens is 388 g/mol. The number of hydrogen-bond donors (Lipinski definition) is 3. The summed E-state index contributed by atoms with van der Waals surface area (Å²) in [6.45, 7) is 5.77. The fourth-order valence-corrected chi connectivity index (χ4v) is 3.80. The van der Waals surface area contributed by atoms with Crippen LogP contribution in [0.25, 0.3) is 0 Å². The number of hydrogen-bond acceptors (Lipinski definition) is 6. The number of aromatic nitrogens is 2. The molecule has 2 amide bonds. The van der Waals surface area contributed by atoms with Crippen LogP contribution in [0, 0.1) is 5.92 Å². The lowest BCUT2D eigenvalue weighted by atomic mass is 10.1. The predicted octanol–water partition coefficient (Wildman–Crippen LogP) is 2.59. The quantitative estimate of drug-likeness (QED) is 0.512. The van der Waals surface area contributed by atoms with E-state index in [1.165, 1.54) is 11.3 Å². The highest BCUT2D eigenvalue weighted by Gasteiger charge is 2.20. The summed E-state index contributed by atoms with van der Waals surface area (Å²) in [6.07, 6.45) is 4.24. The summed E-state index contributed by atoms with van der Waals surface area (Å²) in [5, 5.41) is 6.16. The van der Waals surface area contributed by atoms with Crippen molar-refractivity contribution < 1.29 is 9.59 Å². The van der Waals surface area contributed by atoms with Crippen molar-refractivity contribution in [3.05, 3.63) is 28.5 Å². The maximum Gasteiger partial charge on any atom is 0.274 e. The van der Waals surface area contributed by atoms with Gasteiger partial charge < -0.3 is 20.5 Å². The molecule has 29 heavy (non-hydrogen) atoms. The zero-order valence-corrected chi connectivity index (χ0v) is 18.7. The molecule has 9 heteroatoms. The van der Waals surface area contributed by atoms with Crippen LogP contribution in [-0.2, 0) is 13.5 Å². The van der Waals surface area contributed by atoms with Gasteiger partial charge in [-0.1, -0.05) is 13.8 Å². The van der Waals surface area contributed by atoms with Gasteiger partial charge in [0.2, 0.25) is 0 Å². The van der Waals surface area contributed by atoms with Crippen LogP contribution >= 0.6 is 11.3 Å². The van der Waals surface area contributed by atoms with E-state index < -0.39 is 0 Å². The second-order valence-electron chi connectivity index (χ2n) is 7.86. The largest absolute Gasteiger partial charge is 0.397 e. The highest BCUT2D eigenvalue weighted by atomic mass is 32.1. The van der Waals surface area contributed by atoms with Gasteiger partial charge in [0.25, 0.3) is 11.8 Å². The number of nitrogens with one attached hydrogen (secondary N) is 2. The molecular formula is C20H32N6O2S. The minimum atomic E-state index is -0.300. The Morgan fingerprint density at radius 1 is 1.31 bits per heavy atom. The third kappa shape index (κ3) is 6.86. The second-order valence-corrected chi connectivity index (χ2v) is 8.94. The van der Waals surface area contributed by atoms with Gasteiger partial charge >= 0.3 is 0 Å². The van der Waals surface area contributed by atoms with Crippen molar-refractivity contribution in [1.29, 1.82) is 0 Å². The van der Waals surface area contributed by atoms with Crippen LogP contribution in [0.3, 0.4) is 0 Å². The SMILES string of the molecule is CC(C)CCc1sc(NC(=O)c2cc(N)cn2C)nc1C(=O)NCCCN(C)C. The van der Waals surface area contributed by atoms with E-state index in [1.807, 2.05) is 14.1 Å². The summed E-state index contributed by atoms with van der Waals surface area (Å²) in [5.74, 6) is 0.0196. The average molecular weight is 421 g/mol. The summed E-state index contributed by atoms with van der Waals surface area (Å²) >= 11 is 1.36. The lowest BCUT2D eigenvalue weighted by Crippen LogP contribution is -2.28. The van der Waals surface area contributed by atoms with Gasteiger partial charge in [0.05, 0.1) is 5.69 Å². The summed E-state index contributed by atoms with van der Waals surface area (Å²) in [7, 11) is 5.76. The summed E-state index contributed by atoms with van der Waals surface area (Å²) < 4.78 is 1.66. The molecule has 0 aromatic carbocycles. The van der Waals surface area contributed by atoms with Crippen LogP contribution < -0.4 is 16.4 Å². The molecule has 0 bridgehead atoms. The summed E-state index contributed by atoms with van der Waals surface area (Å²) in [5.41, 5.74) is 7.12. The molecule has 4 N–H and O–H groups in total. The first-order valence-electron chi connectivity index (χ1n) is 9.83. The first-order chi connectivity index (χ1) is 13.7.